The molecule has 0 spiro atoms. The standard InChI is InChI=1S/C20H19N7O/c1-2-15(13-6-9-22-10-7-13)24-20(28)14-11-17(21)27-18(12-14)25-19(26-27)16-5-3-4-8-23-16/h3-12,15H,2,21H2,1H3,(H,24,28). The van der Waals surface area contributed by atoms with Gasteiger partial charge in [-0.15, -0.1) is 5.10 Å². The quantitative estimate of drug-likeness (QED) is 0.556. The van der Waals surface area contributed by atoms with E-state index in [2.05, 4.69) is 25.4 Å². The molecule has 8 heteroatoms. The predicted octanol–water partition coefficient (Wildman–Crippen LogP) is 2.65. The van der Waals surface area contributed by atoms with Crippen LogP contribution in [-0.2, 0) is 0 Å². The van der Waals surface area contributed by atoms with Gasteiger partial charge in [0.15, 0.2) is 5.65 Å². The normalized spacial score (nSPS) is 12.0. The maximum atomic E-state index is 12.8. The minimum absolute atomic E-state index is 0.116. The van der Waals surface area contributed by atoms with E-state index in [1.54, 1.807) is 30.7 Å². The van der Waals surface area contributed by atoms with Crippen molar-refractivity contribution in [3.63, 3.8) is 0 Å². The van der Waals surface area contributed by atoms with Crippen molar-refractivity contribution in [2.75, 3.05) is 5.73 Å². The number of carbonyl (C=O) groups is 1. The Bertz CT molecular complexity index is 1110. The molecule has 0 bridgehead atoms. The van der Waals surface area contributed by atoms with Crippen molar-refractivity contribution >= 4 is 17.4 Å². The van der Waals surface area contributed by atoms with Crippen molar-refractivity contribution in [3.8, 4) is 11.5 Å². The summed E-state index contributed by atoms with van der Waals surface area (Å²) in [5.41, 5.74) is 8.67. The number of hydrogen-bond acceptors (Lipinski definition) is 6. The second kappa shape index (κ2) is 7.43. The molecular formula is C20H19N7O. The smallest absolute Gasteiger partial charge is 0.252 e. The van der Waals surface area contributed by atoms with Gasteiger partial charge >= 0.3 is 0 Å². The van der Waals surface area contributed by atoms with E-state index in [-0.39, 0.29) is 11.9 Å². The van der Waals surface area contributed by atoms with Crippen LogP contribution in [0.15, 0.2) is 61.1 Å². The molecule has 140 valence electrons. The Morgan fingerprint density at radius 1 is 1.18 bits per heavy atom. The topological polar surface area (TPSA) is 111 Å². The summed E-state index contributed by atoms with van der Waals surface area (Å²) in [6.07, 6.45) is 5.85. The van der Waals surface area contributed by atoms with Gasteiger partial charge in [0, 0.05) is 24.2 Å². The lowest BCUT2D eigenvalue weighted by Crippen LogP contribution is -2.28. The first-order valence-electron chi connectivity index (χ1n) is 8.94. The summed E-state index contributed by atoms with van der Waals surface area (Å²) < 4.78 is 1.50. The molecule has 0 radical (unpaired) electrons. The first kappa shape index (κ1) is 17.6. The zero-order valence-corrected chi connectivity index (χ0v) is 15.3. The number of carbonyl (C=O) groups excluding carboxylic acids is 1. The van der Waals surface area contributed by atoms with E-state index in [1.807, 2.05) is 37.3 Å². The van der Waals surface area contributed by atoms with Crippen molar-refractivity contribution in [1.29, 1.82) is 0 Å². The van der Waals surface area contributed by atoms with E-state index in [4.69, 9.17) is 5.73 Å². The Balaban J connectivity index is 1.64. The lowest BCUT2D eigenvalue weighted by atomic mass is 10.1. The van der Waals surface area contributed by atoms with Crippen LogP contribution in [0.5, 0.6) is 0 Å². The van der Waals surface area contributed by atoms with Crippen molar-refractivity contribution in [2.24, 2.45) is 0 Å². The number of nitrogen functional groups attached to an aromatic ring is 1. The fourth-order valence-corrected chi connectivity index (χ4v) is 3.00. The fourth-order valence-electron chi connectivity index (χ4n) is 3.00. The van der Waals surface area contributed by atoms with Gasteiger partial charge in [-0.1, -0.05) is 13.0 Å². The van der Waals surface area contributed by atoms with Gasteiger partial charge in [0.25, 0.3) is 5.91 Å². The summed E-state index contributed by atoms with van der Waals surface area (Å²) in [6.45, 7) is 2.01. The summed E-state index contributed by atoms with van der Waals surface area (Å²) in [5.74, 6) is 0.558. The minimum Gasteiger partial charge on any atom is -0.384 e. The van der Waals surface area contributed by atoms with E-state index >= 15 is 0 Å². The number of nitrogens with one attached hydrogen (secondary N) is 1. The molecular weight excluding hydrogens is 354 g/mol. The summed E-state index contributed by atoms with van der Waals surface area (Å²) >= 11 is 0. The van der Waals surface area contributed by atoms with Crippen molar-refractivity contribution in [1.82, 2.24) is 29.9 Å². The highest BCUT2D eigenvalue weighted by Crippen LogP contribution is 2.20. The number of pyridine rings is 3. The minimum atomic E-state index is -0.222. The molecule has 8 nitrogen and oxygen atoms in total. The third-order valence-corrected chi connectivity index (χ3v) is 4.44. The molecule has 0 aliphatic rings. The number of hydrogen-bond donors (Lipinski definition) is 2. The predicted molar refractivity (Wildman–Crippen MR) is 105 cm³/mol. The number of anilines is 1. The number of aromatic nitrogens is 5. The van der Waals surface area contributed by atoms with Crippen LogP contribution in [0.4, 0.5) is 5.82 Å². The average molecular weight is 373 g/mol. The molecule has 0 saturated carbocycles. The van der Waals surface area contributed by atoms with Crippen LogP contribution >= 0.6 is 0 Å². The summed E-state index contributed by atoms with van der Waals surface area (Å²) in [6, 6.07) is 12.4. The largest absolute Gasteiger partial charge is 0.384 e. The highest BCUT2D eigenvalue weighted by molar-refractivity contribution is 5.96. The molecule has 0 aliphatic heterocycles. The van der Waals surface area contributed by atoms with E-state index in [0.29, 0.717) is 28.5 Å². The Morgan fingerprint density at radius 3 is 2.71 bits per heavy atom. The molecule has 28 heavy (non-hydrogen) atoms. The highest BCUT2D eigenvalue weighted by atomic mass is 16.1. The molecule has 4 aromatic rings. The van der Waals surface area contributed by atoms with Gasteiger partial charge in [-0.25, -0.2) is 4.98 Å². The van der Waals surface area contributed by atoms with Crippen LogP contribution in [0, 0.1) is 0 Å². The molecule has 4 aromatic heterocycles. The first-order valence-corrected chi connectivity index (χ1v) is 8.94. The number of rotatable bonds is 5. The van der Waals surface area contributed by atoms with Crippen LogP contribution in [0.1, 0.15) is 35.3 Å². The zero-order valence-electron chi connectivity index (χ0n) is 15.3. The van der Waals surface area contributed by atoms with Gasteiger partial charge in [-0.05, 0) is 48.4 Å². The Morgan fingerprint density at radius 2 is 2.00 bits per heavy atom. The zero-order chi connectivity index (χ0) is 19.5. The molecule has 3 N–H and O–H groups in total. The first-order chi connectivity index (χ1) is 13.7. The van der Waals surface area contributed by atoms with Gasteiger partial charge in [0.05, 0.1) is 6.04 Å². The van der Waals surface area contributed by atoms with E-state index in [1.165, 1.54) is 4.52 Å². The van der Waals surface area contributed by atoms with E-state index < -0.39 is 0 Å². The number of fused-ring (bicyclic) bond motifs is 1. The SMILES string of the molecule is CCC(NC(=O)c1cc(N)n2nc(-c3ccccn3)nc2c1)c1ccncc1. The summed E-state index contributed by atoms with van der Waals surface area (Å²) in [5, 5.41) is 7.42. The van der Waals surface area contributed by atoms with Crippen molar-refractivity contribution < 1.29 is 4.79 Å². The van der Waals surface area contributed by atoms with Gasteiger partial charge in [0.1, 0.15) is 11.5 Å². The summed E-state index contributed by atoms with van der Waals surface area (Å²) in [7, 11) is 0. The monoisotopic (exact) mass is 373 g/mol. The lowest BCUT2D eigenvalue weighted by Gasteiger charge is -2.17. The lowest BCUT2D eigenvalue weighted by molar-refractivity contribution is 0.0935. The molecule has 0 aromatic carbocycles. The molecule has 0 saturated heterocycles. The van der Waals surface area contributed by atoms with Gasteiger partial charge in [-0.2, -0.15) is 4.52 Å². The van der Waals surface area contributed by atoms with Crippen LogP contribution in [0.25, 0.3) is 17.2 Å². The molecule has 0 fully saturated rings. The Labute approximate surface area is 161 Å². The van der Waals surface area contributed by atoms with Crippen molar-refractivity contribution in [3.05, 3.63) is 72.2 Å². The number of amides is 1. The third kappa shape index (κ3) is 3.39. The van der Waals surface area contributed by atoms with E-state index in [0.717, 1.165) is 12.0 Å². The molecule has 4 rings (SSSR count). The molecule has 4 heterocycles. The number of nitrogens with two attached hydrogens (primary N) is 1. The second-order valence-corrected chi connectivity index (χ2v) is 6.30. The average Bonchev–Trinajstić information content (AvgIpc) is 3.18. The van der Waals surface area contributed by atoms with Crippen LogP contribution < -0.4 is 11.1 Å². The van der Waals surface area contributed by atoms with Gasteiger partial charge < -0.3 is 11.1 Å². The highest BCUT2D eigenvalue weighted by Gasteiger charge is 2.17. The van der Waals surface area contributed by atoms with E-state index in [9.17, 15) is 4.79 Å². The molecule has 0 aliphatic carbocycles. The maximum absolute atomic E-state index is 12.8. The van der Waals surface area contributed by atoms with Gasteiger partial charge in [0.2, 0.25) is 5.82 Å². The third-order valence-electron chi connectivity index (χ3n) is 4.44. The number of nitrogens with zero attached hydrogens (tertiary/aromatic N) is 5. The molecule has 1 unspecified atom stereocenters. The van der Waals surface area contributed by atoms with Gasteiger partial charge in [-0.3, -0.25) is 14.8 Å². The van der Waals surface area contributed by atoms with Crippen LogP contribution in [-0.4, -0.2) is 30.5 Å². The molecule has 1 atom stereocenters. The summed E-state index contributed by atoms with van der Waals surface area (Å²) in [4.78, 5) is 25.5. The maximum Gasteiger partial charge on any atom is 0.252 e. The van der Waals surface area contributed by atoms with Crippen LogP contribution in [0.2, 0.25) is 0 Å². The Hall–Kier alpha value is -3.81. The second-order valence-electron chi connectivity index (χ2n) is 6.30. The fraction of sp³-hybridized carbons (Fsp3) is 0.150. The molecule has 1 amide bonds. The van der Waals surface area contributed by atoms with Crippen LogP contribution in [0.3, 0.4) is 0 Å². The Kier molecular flexibility index (Phi) is 4.67. The van der Waals surface area contributed by atoms with Crippen molar-refractivity contribution in [2.45, 2.75) is 19.4 Å².